The van der Waals surface area contributed by atoms with E-state index >= 15 is 0 Å². The number of carboxylic acid groups (broad SMARTS) is 1. The molecule has 2 aromatic carbocycles. The van der Waals surface area contributed by atoms with Crippen molar-refractivity contribution in [3.63, 3.8) is 0 Å². The SMILES string of the molecule is Cc1c(CC(C2=CC=C(CC(C)C)CC2)C(C)C)c#cc(NC(=O)c2ccccc2OCCCC(=O)O)c1C. The average Bonchev–Trinajstić information content (AvgIpc) is 2.89. The lowest BCUT2D eigenvalue weighted by atomic mass is 9.78. The summed E-state index contributed by atoms with van der Waals surface area (Å²) < 4.78 is 5.72. The summed E-state index contributed by atoms with van der Waals surface area (Å²) in [5.41, 5.74) is 7.33. The molecule has 5 heteroatoms. The molecule has 1 aliphatic carbocycles. The van der Waals surface area contributed by atoms with Crippen LogP contribution < -0.4 is 10.1 Å². The van der Waals surface area contributed by atoms with Gasteiger partial charge in [0.25, 0.3) is 5.91 Å². The van der Waals surface area contributed by atoms with Gasteiger partial charge in [-0.05, 0) is 93.0 Å². The van der Waals surface area contributed by atoms with Crippen molar-refractivity contribution in [2.45, 2.75) is 80.1 Å². The van der Waals surface area contributed by atoms with Crippen molar-refractivity contribution < 1.29 is 19.4 Å². The summed E-state index contributed by atoms with van der Waals surface area (Å²) in [7, 11) is 0. The number of carbonyl (C=O) groups excluding carboxylic acids is 1. The zero-order chi connectivity index (χ0) is 28.5. The van der Waals surface area contributed by atoms with Crippen LogP contribution in [-0.4, -0.2) is 23.6 Å². The highest BCUT2D eigenvalue weighted by molar-refractivity contribution is 6.06. The normalized spacial score (nSPS) is 13.9. The van der Waals surface area contributed by atoms with Crippen molar-refractivity contribution in [1.29, 1.82) is 0 Å². The van der Waals surface area contributed by atoms with Gasteiger partial charge in [-0.15, -0.1) is 0 Å². The first kappa shape index (κ1) is 30.0. The van der Waals surface area contributed by atoms with Crippen LogP contribution in [0, 0.1) is 43.7 Å². The van der Waals surface area contributed by atoms with Crippen LogP contribution in [0.5, 0.6) is 5.75 Å². The molecule has 0 heterocycles. The van der Waals surface area contributed by atoms with Crippen LogP contribution in [0.1, 0.15) is 86.8 Å². The number of carboxylic acids is 1. The first-order chi connectivity index (χ1) is 18.6. The monoisotopic (exact) mass is 529 g/mol. The van der Waals surface area contributed by atoms with E-state index < -0.39 is 5.97 Å². The number of hydrogen-bond donors (Lipinski definition) is 2. The van der Waals surface area contributed by atoms with E-state index in [1.807, 2.05) is 6.92 Å². The number of para-hydroxylation sites is 1. The lowest BCUT2D eigenvalue weighted by Gasteiger charge is -2.27. The minimum absolute atomic E-state index is 0.0226. The van der Waals surface area contributed by atoms with Crippen LogP contribution in [0.15, 0.2) is 47.6 Å². The Balaban J connectivity index is 1.73. The fourth-order valence-electron chi connectivity index (χ4n) is 5.15. The predicted molar refractivity (Wildman–Crippen MR) is 157 cm³/mol. The van der Waals surface area contributed by atoms with Crippen molar-refractivity contribution in [1.82, 2.24) is 0 Å². The van der Waals surface area contributed by atoms with Crippen molar-refractivity contribution in [3.8, 4) is 5.75 Å². The summed E-state index contributed by atoms with van der Waals surface area (Å²) in [4.78, 5) is 23.9. The molecule has 0 spiro atoms. The molecule has 208 valence electrons. The molecule has 1 amide bonds. The Bertz CT molecular complexity index is 1220. The van der Waals surface area contributed by atoms with Crippen molar-refractivity contribution in [2.24, 2.45) is 17.8 Å². The molecule has 3 rings (SSSR count). The minimum atomic E-state index is -0.867. The molecule has 0 aromatic heterocycles. The average molecular weight is 530 g/mol. The number of carbonyl (C=O) groups is 2. The van der Waals surface area contributed by atoms with Gasteiger partial charge in [0, 0.05) is 12.0 Å². The van der Waals surface area contributed by atoms with E-state index in [4.69, 9.17) is 9.84 Å². The van der Waals surface area contributed by atoms with E-state index in [0.29, 0.717) is 41.2 Å². The second-order valence-corrected chi connectivity index (χ2v) is 11.4. The Morgan fingerprint density at radius 1 is 1.00 bits per heavy atom. The highest BCUT2D eigenvalue weighted by Gasteiger charge is 2.23. The molecule has 0 aliphatic heterocycles. The molecular formula is C34H43NO4. The second kappa shape index (κ2) is 14.0. The molecule has 39 heavy (non-hydrogen) atoms. The third-order valence-electron chi connectivity index (χ3n) is 7.53. The predicted octanol–water partition coefficient (Wildman–Crippen LogP) is 7.91. The first-order valence-electron chi connectivity index (χ1n) is 14.1. The number of anilines is 1. The molecule has 1 aliphatic rings. The van der Waals surface area contributed by atoms with Gasteiger partial charge < -0.3 is 15.2 Å². The number of hydrogen-bond acceptors (Lipinski definition) is 3. The van der Waals surface area contributed by atoms with Crippen LogP contribution in [0.2, 0.25) is 0 Å². The molecule has 0 saturated heterocycles. The molecule has 0 radical (unpaired) electrons. The Kier molecular flexibility index (Phi) is 10.8. The molecule has 0 bridgehead atoms. The van der Waals surface area contributed by atoms with Crippen LogP contribution in [0.4, 0.5) is 5.69 Å². The molecule has 5 nitrogen and oxygen atoms in total. The van der Waals surface area contributed by atoms with Gasteiger partial charge in [-0.1, -0.05) is 69.2 Å². The van der Waals surface area contributed by atoms with Gasteiger partial charge in [0.05, 0.1) is 17.9 Å². The van der Waals surface area contributed by atoms with E-state index in [9.17, 15) is 9.59 Å². The standard InChI is InChI=1S/C34H43NO4/c1-22(2)20-26-13-15-27(16-14-26)30(23(3)4)21-28-17-18-31(25(6)24(28)5)35-34(38)29-10-7-8-11-32(29)39-19-9-12-33(36)37/h7-8,10-11,13,15,22-23,30H,9,12,14,16,19-21H2,1-6H3,(H,35,38)(H,36,37). The summed E-state index contributed by atoms with van der Waals surface area (Å²) in [5, 5.41) is 11.8. The third kappa shape index (κ3) is 8.48. The Labute approximate surface area is 234 Å². The molecule has 2 aromatic rings. The zero-order valence-corrected chi connectivity index (χ0v) is 24.3. The lowest BCUT2D eigenvalue weighted by molar-refractivity contribution is -0.137. The summed E-state index contributed by atoms with van der Waals surface area (Å²) in [6.07, 6.45) is 9.44. The van der Waals surface area contributed by atoms with Crippen LogP contribution in [0.25, 0.3) is 0 Å². The lowest BCUT2D eigenvalue weighted by Crippen LogP contribution is -2.18. The maximum Gasteiger partial charge on any atom is 0.303 e. The van der Waals surface area contributed by atoms with Crippen LogP contribution in [0.3, 0.4) is 0 Å². The number of aliphatic carboxylic acids is 1. The third-order valence-corrected chi connectivity index (χ3v) is 7.53. The zero-order valence-electron chi connectivity index (χ0n) is 24.3. The maximum absolute atomic E-state index is 13.2. The van der Waals surface area contributed by atoms with E-state index in [-0.39, 0.29) is 18.9 Å². The number of benzene rings is 1. The smallest absolute Gasteiger partial charge is 0.303 e. The Morgan fingerprint density at radius 3 is 2.38 bits per heavy atom. The van der Waals surface area contributed by atoms with Gasteiger partial charge in [-0.2, -0.15) is 0 Å². The van der Waals surface area contributed by atoms with E-state index in [1.165, 1.54) is 12.0 Å². The van der Waals surface area contributed by atoms with Gasteiger partial charge >= 0.3 is 5.97 Å². The molecule has 0 saturated carbocycles. The molecule has 2 N–H and O–H groups in total. The summed E-state index contributed by atoms with van der Waals surface area (Å²) in [5.74, 6) is 0.910. The molecule has 0 fully saturated rings. The largest absolute Gasteiger partial charge is 0.493 e. The quantitative estimate of drug-likeness (QED) is 0.259. The molecular weight excluding hydrogens is 486 g/mol. The summed E-state index contributed by atoms with van der Waals surface area (Å²) >= 11 is 0. The molecule has 1 unspecified atom stereocenters. The highest BCUT2D eigenvalue weighted by atomic mass is 16.5. The number of amides is 1. The Morgan fingerprint density at radius 2 is 1.74 bits per heavy atom. The second-order valence-electron chi connectivity index (χ2n) is 11.4. The topological polar surface area (TPSA) is 75.6 Å². The maximum atomic E-state index is 13.2. The number of ether oxygens (including phenoxy) is 1. The van der Waals surface area contributed by atoms with E-state index in [0.717, 1.165) is 36.0 Å². The van der Waals surface area contributed by atoms with Gasteiger partial charge in [-0.25, -0.2) is 0 Å². The van der Waals surface area contributed by atoms with E-state index in [2.05, 4.69) is 64.2 Å². The van der Waals surface area contributed by atoms with Crippen LogP contribution in [-0.2, 0) is 11.2 Å². The summed E-state index contributed by atoms with van der Waals surface area (Å²) in [6.45, 7) is 13.5. The van der Waals surface area contributed by atoms with Crippen molar-refractivity contribution in [3.05, 3.63) is 82.0 Å². The fraction of sp³-hybridized carbons (Fsp3) is 0.471. The number of nitrogens with one attached hydrogen (secondary N) is 1. The van der Waals surface area contributed by atoms with Gasteiger partial charge in [-0.3, -0.25) is 9.59 Å². The minimum Gasteiger partial charge on any atom is -0.493 e. The number of allylic oxidation sites excluding steroid dienone is 4. The van der Waals surface area contributed by atoms with Crippen molar-refractivity contribution in [2.75, 3.05) is 11.9 Å². The number of rotatable bonds is 13. The van der Waals surface area contributed by atoms with Gasteiger partial charge in [0.2, 0.25) is 0 Å². The van der Waals surface area contributed by atoms with Gasteiger partial charge in [0.15, 0.2) is 0 Å². The molecule has 1 atom stereocenters. The van der Waals surface area contributed by atoms with E-state index in [1.54, 1.807) is 29.8 Å². The van der Waals surface area contributed by atoms with Crippen LogP contribution >= 0.6 is 0 Å². The summed E-state index contributed by atoms with van der Waals surface area (Å²) in [6, 6.07) is 13.6. The Hall–Kier alpha value is -3.52. The van der Waals surface area contributed by atoms with Crippen molar-refractivity contribution >= 4 is 17.6 Å². The fourth-order valence-corrected chi connectivity index (χ4v) is 5.15. The first-order valence-corrected chi connectivity index (χ1v) is 14.1. The highest BCUT2D eigenvalue weighted by Crippen LogP contribution is 2.34. The van der Waals surface area contributed by atoms with Gasteiger partial charge in [0.1, 0.15) is 5.75 Å².